The Morgan fingerprint density at radius 3 is 2.54 bits per heavy atom. The molecule has 5 aliphatic rings. The van der Waals surface area contributed by atoms with Gasteiger partial charge in [0, 0.05) is 32.4 Å². The molecule has 0 radical (unpaired) electrons. The highest BCUT2D eigenvalue weighted by molar-refractivity contribution is 5.66. The van der Waals surface area contributed by atoms with Crippen LogP contribution < -0.4 is 0 Å². The molecular weight excluding hydrogens is 338 g/mol. The predicted octanol–water partition coefficient (Wildman–Crippen LogP) is 3.53. The molecular formula is C19H33NO6. The van der Waals surface area contributed by atoms with Crippen molar-refractivity contribution in [2.75, 3.05) is 14.1 Å². The molecule has 8 atom stereocenters. The Hall–Kier alpha value is -0.890. The number of carbonyl (C=O) groups excluding carboxylic acids is 1. The van der Waals surface area contributed by atoms with E-state index in [2.05, 4.69) is 13.8 Å². The Morgan fingerprint density at radius 2 is 1.85 bits per heavy atom. The number of hydrogen-bond donors (Lipinski definition) is 0. The first-order valence-corrected chi connectivity index (χ1v) is 9.35. The van der Waals surface area contributed by atoms with E-state index >= 15 is 0 Å². The maximum Gasteiger partial charge on any atom is 0.411 e. The van der Waals surface area contributed by atoms with Crippen molar-refractivity contribution in [1.82, 2.24) is 4.90 Å². The summed E-state index contributed by atoms with van der Waals surface area (Å²) in [6.07, 6.45) is 2.24. The Bertz CT molecular complexity index is 556. The predicted molar refractivity (Wildman–Crippen MR) is 93.7 cm³/mol. The molecule has 2 bridgehead atoms. The number of rotatable bonds is 1. The first kappa shape index (κ1) is 19.9. The van der Waals surface area contributed by atoms with Crippen molar-refractivity contribution in [3.63, 3.8) is 0 Å². The van der Waals surface area contributed by atoms with Gasteiger partial charge in [0.1, 0.15) is 0 Å². The molecule has 1 saturated carbocycles. The minimum Gasteiger partial charge on any atom is -0.419 e. The molecule has 150 valence electrons. The minimum absolute atomic E-state index is 0. The third-order valence-electron chi connectivity index (χ3n) is 6.68. The van der Waals surface area contributed by atoms with Crippen LogP contribution in [0.1, 0.15) is 53.9 Å². The fourth-order valence-corrected chi connectivity index (χ4v) is 5.21. The highest BCUT2D eigenvalue weighted by Gasteiger charge is 2.69. The van der Waals surface area contributed by atoms with Crippen LogP contribution in [0.5, 0.6) is 0 Å². The van der Waals surface area contributed by atoms with E-state index in [0.717, 1.165) is 25.7 Å². The number of carbonyl (C=O) groups is 1. The normalized spacial score (nSPS) is 49.4. The van der Waals surface area contributed by atoms with Crippen LogP contribution in [0, 0.1) is 23.7 Å². The van der Waals surface area contributed by atoms with Crippen molar-refractivity contribution in [3.05, 3.63) is 0 Å². The SMILES string of the molecule is C.C[C@H]1C(OC(=O)N(C)C)O[C@@H]2O[C@]3(C)CC[C@H]4[C@H](C)CCC1[C@@]24OO3. The second kappa shape index (κ2) is 6.62. The average molecular weight is 371 g/mol. The molecule has 2 unspecified atom stereocenters. The second-order valence-electron chi connectivity index (χ2n) is 8.55. The summed E-state index contributed by atoms with van der Waals surface area (Å²) < 4.78 is 18.0. The van der Waals surface area contributed by atoms with Crippen molar-refractivity contribution >= 4 is 6.09 Å². The molecule has 4 heterocycles. The van der Waals surface area contributed by atoms with Crippen molar-refractivity contribution in [2.45, 2.75) is 77.8 Å². The summed E-state index contributed by atoms with van der Waals surface area (Å²) in [5, 5.41) is 0. The van der Waals surface area contributed by atoms with E-state index in [1.54, 1.807) is 14.1 Å². The molecule has 0 aromatic heterocycles. The van der Waals surface area contributed by atoms with Crippen molar-refractivity contribution < 1.29 is 28.8 Å². The van der Waals surface area contributed by atoms with Gasteiger partial charge in [-0.3, -0.25) is 0 Å². The number of hydrogen-bond acceptors (Lipinski definition) is 6. The quantitative estimate of drug-likeness (QED) is 0.657. The molecule has 26 heavy (non-hydrogen) atoms. The van der Waals surface area contributed by atoms with Gasteiger partial charge in [-0.05, 0) is 38.0 Å². The summed E-state index contributed by atoms with van der Waals surface area (Å²) in [5.41, 5.74) is -0.617. The van der Waals surface area contributed by atoms with Gasteiger partial charge < -0.3 is 19.1 Å². The van der Waals surface area contributed by atoms with Crippen LogP contribution in [-0.4, -0.2) is 49.1 Å². The van der Waals surface area contributed by atoms with Gasteiger partial charge in [0.25, 0.3) is 0 Å². The molecule has 0 aromatic carbocycles. The van der Waals surface area contributed by atoms with E-state index in [1.807, 2.05) is 6.92 Å². The van der Waals surface area contributed by atoms with Crippen LogP contribution in [0.3, 0.4) is 0 Å². The molecule has 0 N–H and O–H groups in total. The third kappa shape index (κ3) is 2.75. The molecule has 5 rings (SSSR count). The molecule has 5 fully saturated rings. The van der Waals surface area contributed by atoms with Crippen LogP contribution in [-0.2, 0) is 24.0 Å². The van der Waals surface area contributed by atoms with Gasteiger partial charge in [-0.15, -0.1) is 0 Å². The van der Waals surface area contributed by atoms with E-state index in [9.17, 15) is 4.79 Å². The zero-order valence-corrected chi connectivity index (χ0v) is 15.7. The maximum absolute atomic E-state index is 12.1. The van der Waals surface area contributed by atoms with Crippen LogP contribution in [0.15, 0.2) is 0 Å². The maximum atomic E-state index is 12.1. The summed E-state index contributed by atoms with van der Waals surface area (Å²) in [6, 6.07) is 0. The Morgan fingerprint density at radius 1 is 1.12 bits per heavy atom. The second-order valence-corrected chi connectivity index (χ2v) is 8.55. The van der Waals surface area contributed by atoms with Gasteiger partial charge in [0.05, 0.1) is 0 Å². The summed E-state index contributed by atoms with van der Waals surface area (Å²) in [4.78, 5) is 25.3. The Labute approximate surface area is 156 Å². The highest BCUT2D eigenvalue weighted by Crippen LogP contribution is 2.60. The first-order valence-electron chi connectivity index (χ1n) is 9.35. The molecule has 7 heteroatoms. The molecule has 1 aliphatic carbocycles. The van der Waals surface area contributed by atoms with Gasteiger partial charge in [0.15, 0.2) is 11.9 Å². The standard InChI is InChI=1S/C18H29NO6.CH4/c1-10-6-7-13-11(2)14(22-16(20)19(4)5)21-15-18(13)12(10)8-9-17(3,23-15)24-25-18;/h10-15H,6-9H2,1-5H3;1H4/t10-,11-,12+,13?,14?,15-,17+,18-;/m1./s1. The van der Waals surface area contributed by atoms with E-state index < -0.39 is 30.1 Å². The fourth-order valence-electron chi connectivity index (χ4n) is 5.21. The third-order valence-corrected chi connectivity index (χ3v) is 6.68. The number of fused-ring (bicyclic) bond motifs is 2. The zero-order valence-electron chi connectivity index (χ0n) is 15.7. The van der Waals surface area contributed by atoms with Gasteiger partial charge in [-0.25, -0.2) is 14.6 Å². The smallest absolute Gasteiger partial charge is 0.411 e. The van der Waals surface area contributed by atoms with Crippen molar-refractivity contribution in [2.24, 2.45) is 23.7 Å². The average Bonchev–Trinajstić information content (AvgIpc) is 2.78. The van der Waals surface area contributed by atoms with Crippen LogP contribution >= 0.6 is 0 Å². The summed E-state index contributed by atoms with van der Waals surface area (Å²) in [7, 11) is 3.33. The van der Waals surface area contributed by atoms with Crippen LogP contribution in [0.4, 0.5) is 4.79 Å². The lowest BCUT2D eigenvalue weighted by molar-refractivity contribution is -0.576. The lowest BCUT2D eigenvalue weighted by atomic mass is 9.58. The molecule has 4 aliphatic heterocycles. The van der Waals surface area contributed by atoms with E-state index in [0.29, 0.717) is 11.8 Å². The Kier molecular flexibility index (Phi) is 5.06. The van der Waals surface area contributed by atoms with Crippen LogP contribution in [0.2, 0.25) is 0 Å². The lowest BCUT2D eigenvalue weighted by Crippen LogP contribution is -2.70. The first-order chi connectivity index (χ1) is 11.8. The van der Waals surface area contributed by atoms with Gasteiger partial charge in [-0.1, -0.05) is 21.3 Å². The monoisotopic (exact) mass is 371 g/mol. The molecule has 0 aromatic rings. The van der Waals surface area contributed by atoms with E-state index in [1.165, 1.54) is 4.90 Å². The van der Waals surface area contributed by atoms with Gasteiger partial charge in [-0.2, -0.15) is 0 Å². The molecule has 1 spiro atoms. The number of amides is 1. The van der Waals surface area contributed by atoms with Crippen molar-refractivity contribution in [3.8, 4) is 0 Å². The van der Waals surface area contributed by atoms with Gasteiger partial charge in [0.2, 0.25) is 12.1 Å². The molecule has 1 amide bonds. The summed E-state index contributed by atoms with van der Waals surface area (Å²) in [5.74, 6) is 0.185. The Balaban J connectivity index is 0.00000196. The molecule has 4 saturated heterocycles. The minimum atomic E-state index is -0.811. The van der Waals surface area contributed by atoms with Gasteiger partial charge >= 0.3 is 6.09 Å². The topological polar surface area (TPSA) is 66.5 Å². The van der Waals surface area contributed by atoms with Crippen molar-refractivity contribution in [1.29, 1.82) is 0 Å². The lowest BCUT2D eigenvalue weighted by Gasteiger charge is -2.59. The summed E-state index contributed by atoms with van der Waals surface area (Å²) >= 11 is 0. The number of nitrogens with zero attached hydrogens (tertiary/aromatic N) is 1. The van der Waals surface area contributed by atoms with E-state index in [-0.39, 0.29) is 19.3 Å². The largest absolute Gasteiger partial charge is 0.419 e. The van der Waals surface area contributed by atoms with E-state index in [4.69, 9.17) is 24.0 Å². The zero-order chi connectivity index (χ0) is 18.0. The molecule has 7 nitrogen and oxygen atoms in total. The van der Waals surface area contributed by atoms with Crippen LogP contribution in [0.25, 0.3) is 0 Å². The fraction of sp³-hybridized carbons (Fsp3) is 0.947. The summed E-state index contributed by atoms with van der Waals surface area (Å²) in [6.45, 7) is 6.23. The number of ether oxygens (including phenoxy) is 3. The highest BCUT2D eigenvalue weighted by atomic mass is 17.3.